The predicted octanol–water partition coefficient (Wildman–Crippen LogP) is 2.19. The predicted molar refractivity (Wildman–Crippen MR) is 92.7 cm³/mol. The summed E-state index contributed by atoms with van der Waals surface area (Å²) in [6, 6.07) is 8.11. The van der Waals surface area contributed by atoms with Crippen LogP contribution in [-0.4, -0.2) is 52.5 Å². The normalized spacial score (nSPS) is 11.6. The molecule has 2 aromatic rings. The van der Waals surface area contributed by atoms with E-state index >= 15 is 0 Å². The Morgan fingerprint density at radius 3 is 2.78 bits per heavy atom. The van der Waals surface area contributed by atoms with Crippen molar-refractivity contribution in [1.29, 1.82) is 0 Å². The highest BCUT2D eigenvalue weighted by atomic mass is 32.2. The molecule has 0 aliphatic carbocycles. The fourth-order valence-corrected chi connectivity index (χ4v) is 2.79. The lowest BCUT2D eigenvalue weighted by molar-refractivity contribution is 0.314. The SMILES string of the molecule is CNc1n[s+]([O-])nc1NCCCOc1cccc(CN(C)C)c1. The van der Waals surface area contributed by atoms with Gasteiger partial charge in [0.25, 0.3) is 0 Å². The fourth-order valence-electron chi connectivity index (χ4n) is 2.11. The Morgan fingerprint density at radius 2 is 2.04 bits per heavy atom. The van der Waals surface area contributed by atoms with Crippen LogP contribution in [0.5, 0.6) is 5.75 Å². The van der Waals surface area contributed by atoms with Crippen molar-refractivity contribution in [2.24, 2.45) is 0 Å². The van der Waals surface area contributed by atoms with Crippen molar-refractivity contribution in [2.45, 2.75) is 13.0 Å². The van der Waals surface area contributed by atoms with Gasteiger partial charge in [0.2, 0.25) is 11.6 Å². The average molecular weight is 337 g/mol. The van der Waals surface area contributed by atoms with Crippen LogP contribution in [0.2, 0.25) is 0 Å². The van der Waals surface area contributed by atoms with Crippen LogP contribution in [0, 0.1) is 0 Å². The number of nitrogens with zero attached hydrogens (tertiary/aromatic N) is 3. The first-order valence-electron chi connectivity index (χ1n) is 7.46. The van der Waals surface area contributed by atoms with E-state index in [9.17, 15) is 4.55 Å². The molecule has 1 heterocycles. The van der Waals surface area contributed by atoms with Crippen molar-refractivity contribution in [2.75, 3.05) is 44.9 Å². The molecule has 0 aliphatic rings. The third-order valence-corrected chi connectivity index (χ3v) is 3.76. The van der Waals surface area contributed by atoms with Gasteiger partial charge in [-0.05, 0) is 38.2 Å². The van der Waals surface area contributed by atoms with E-state index in [1.165, 1.54) is 5.56 Å². The molecule has 0 amide bonds. The molecule has 23 heavy (non-hydrogen) atoms. The second-order valence-corrected chi connectivity index (χ2v) is 6.20. The number of benzene rings is 1. The molecule has 0 saturated carbocycles. The van der Waals surface area contributed by atoms with Crippen molar-refractivity contribution in [1.82, 2.24) is 13.6 Å². The van der Waals surface area contributed by atoms with Gasteiger partial charge in [-0.1, -0.05) is 12.1 Å². The first-order valence-corrected chi connectivity index (χ1v) is 8.52. The van der Waals surface area contributed by atoms with Gasteiger partial charge in [-0.25, -0.2) is 0 Å². The van der Waals surface area contributed by atoms with Gasteiger partial charge in [0.05, 0.1) is 6.61 Å². The summed E-state index contributed by atoms with van der Waals surface area (Å²) in [7, 11) is 5.81. The third kappa shape index (κ3) is 5.66. The molecule has 0 spiro atoms. The van der Waals surface area contributed by atoms with Gasteiger partial charge < -0.3 is 24.8 Å². The molecule has 2 rings (SSSR count). The average Bonchev–Trinajstić information content (AvgIpc) is 2.86. The van der Waals surface area contributed by atoms with E-state index in [4.69, 9.17) is 4.74 Å². The van der Waals surface area contributed by atoms with Crippen LogP contribution < -0.4 is 15.4 Å². The van der Waals surface area contributed by atoms with Crippen molar-refractivity contribution in [3.05, 3.63) is 29.8 Å². The molecule has 0 fully saturated rings. The van der Waals surface area contributed by atoms with Crippen LogP contribution in [0.25, 0.3) is 0 Å². The van der Waals surface area contributed by atoms with Crippen LogP contribution in [0.3, 0.4) is 0 Å². The van der Waals surface area contributed by atoms with Crippen LogP contribution in [0.1, 0.15) is 12.0 Å². The molecule has 126 valence electrons. The Balaban J connectivity index is 1.73. The molecule has 1 atom stereocenters. The van der Waals surface area contributed by atoms with Crippen molar-refractivity contribution >= 4 is 22.8 Å². The summed E-state index contributed by atoms with van der Waals surface area (Å²) in [6.45, 7) is 2.16. The third-order valence-electron chi connectivity index (χ3n) is 3.08. The van der Waals surface area contributed by atoms with Crippen LogP contribution >= 0.6 is 11.1 Å². The Morgan fingerprint density at radius 1 is 1.26 bits per heavy atom. The molecule has 0 radical (unpaired) electrons. The Labute approximate surface area is 139 Å². The molecular formula is C15H23N5O2S. The second kappa shape index (κ2) is 8.66. The van der Waals surface area contributed by atoms with Crippen LogP contribution in [0.15, 0.2) is 24.3 Å². The zero-order chi connectivity index (χ0) is 16.7. The number of rotatable bonds is 9. The number of nitrogens with one attached hydrogen (secondary N) is 2. The van der Waals surface area contributed by atoms with Gasteiger partial charge in [0.15, 0.2) is 11.1 Å². The van der Waals surface area contributed by atoms with E-state index in [1.54, 1.807) is 7.05 Å². The molecule has 0 bridgehead atoms. The number of anilines is 2. The van der Waals surface area contributed by atoms with E-state index in [0.29, 0.717) is 24.8 Å². The molecule has 1 aromatic heterocycles. The van der Waals surface area contributed by atoms with Gasteiger partial charge in [-0.15, -0.1) is 0 Å². The van der Waals surface area contributed by atoms with E-state index < -0.39 is 11.1 Å². The zero-order valence-corrected chi connectivity index (χ0v) is 14.5. The van der Waals surface area contributed by atoms with Gasteiger partial charge in [-0.2, -0.15) is 0 Å². The molecule has 1 aromatic carbocycles. The standard InChI is InChI=1S/C15H23N5O2S/c1-16-14-15(19-23(21)18-14)17-8-5-9-22-13-7-4-6-12(10-13)11-20(2)3/h4,6-7,10H,5,8-9,11H2,1-3H3,(H,16,18)(H,17,19). The highest BCUT2D eigenvalue weighted by molar-refractivity contribution is 7.14. The van der Waals surface area contributed by atoms with E-state index in [2.05, 4.69) is 36.4 Å². The monoisotopic (exact) mass is 337 g/mol. The minimum absolute atomic E-state index is 0.528. The lowest BCUT2D eigenvalue weighted by Gasteiger charge is -2.11. The van der Waals surface area contributed by atoms with Gasteiger partial charge in [-0.3, -0.25) is 0 Å². The fraction of sp³-hybridized carbons (Fsp3) is 0.467. The maximum Gasteiger partial charge on any atom is 0.232 e. The lowest BCUT2D eigenvalue weighted by Crippen LogP contribution is -2.11. The largest absolute Gasteiger partial charge is 0.546 e. The first kappa shape index (κ1) is 17.5. The number of ether oxygens (including phenoxy) is 1. The first-order chi connectivity index (χ1) is 11.1. The number of aromatic nitrogens is 2. The van der Waals surface area contributed by atoms with E-state index in [0.717, 1.165) is 18.7 Å². The highest BCUT2D eigenvalue weighted by Gasteiger charge is 2.12. The molecular weight excluding hydrogens is 314 g/mol. The minimum atomic E-state index is -1.51. The van der Waals surface area contributed by atoms with E-state index in [-0.39, 0.29) is 0 Å². The summed E-state index contributed by atoms with van der Waals surface area (Å²) in [6.07, 6.45) is 0.806. The molecule has 8 heteroatoms. The summed E-state index contributed by atoms with van der Waals surface area (Å²) >= 11 is -1.51. The summed E-state index contributed by atoms with van der Waals surface area (Å²) in [5, 5.41) is 5.98. The Kier molecular flexibility index (Phi) is 6.57. The maximum atomic E-state index is 11.2. The van der Waals surface area contributed by atoms with E-state index in [1.807, 2.05) is 26.2 Å². The summed E-state index contributed by atoms with van der Waals surface area (Å²) in [4.78, 5) is 2.12. The highest BCUT2D eigenvalue weighted by Crippen LogP contribution is 2.21. The summed E-state index contributed by atoms with van der Waals surface area (Å²) in [5.74, 6) is 1.94. The second-order valence-electron chi connectivity index (χ2n) is 5.37. The molecule has 1 unspecified atom stereocenters. The molecule has 7 nitrogen and oxygen atoms in total. The maximum absolute atomic E-state index is 11.2. The van der Waals surface area contributed by atoms with Crippen LogP contribution in [-0.2, 0) is 6.54 Å². The summed E-state index contributed by atoms with van der Waals surface area (Å²) in [5.41, 5.74) is 1.23. The van der Waals surface area contributed by atoms with Gasteiger partial charge in [0.1, 0.15) is 5.75 Å². The van der Waals surface area contributed by atoms with Crippen molar-refractivity contribution in [3.63, 3.8) is 0 Å². The van der Waals surface area contributed by atoms with Crippen molar-refractivity contribution < 1.29 is 9.29 Å². The quantitative estimate of drug-likeness (QED) is 0.536. The summed E-state index contributed by atoms with van der Waals surface area (Å²) < 4.78 is 24.7. The Bertz CT molecular complexity index is 618. The molecule has 2 N–H and O–H groups in total. The number of hydrogen-bond acceptors (Lipinski definition) is 7. The Hall–Kier alpha value is -1.90. The molecule has 0 aliphatic heterocycles. The topological polar surface area (TPSA) is 85.4 Å². The number of hydrogen-bond donors (Lipinski definition) is 2. The zero-order valence-electron chi connectivity index (χ0n) is 13.7. The lowest BCUT2D eigenvalue weighted by atomic mass is 10.2. The minimum Gasteiger partial charge on any atom is -0.546 e. The van der Waals surface area contributed by atoms with Crippen LogP contribution in [0.4, 0.5) is 11.6 Å². The van der Waals surface area contributed by atoms with Gasteiger partial charge >= 0.3 is 0 Å². The molecule has 0 saturated heterocycles. The van der Waals surface area contributed by atoms with Gasteiger partial charge in [0, 0.05) is 28.9 Å². The van der Waals surface area contributed by atoms with Crippen molar-refractivity contribution in [3.8, 4) is 5.75 Å². The smallest absolute Gasteiger partial charge is 0.232 e.